The third-order valence-corrected chi connectivity index (χ3v) is 3.59. The van der Waals surface area contributed by atoms with Crippen molar-refractivity contribution in [1.82, 2.24) is 5.32 Å². The number of nitrogens with one attached hydrogen (secondary N) is 1. The molecule has 2 N–H and O–H groups in total. The zero-order chi connectivity index (χ0) is 10.8. The molecule has 0 amide bonds. The van der Waals surface area contributed by atoms with Gasteiger partial charge in [-0.1, -0.05) is 19.8 Å². The monoisotopic (exact) mass is 199 g/mol. The maximum atomic E-state index is 10.8. The van der Waals surface area contributed by atoms with Gasteiger partial charge in [0.2, 0.25) is 0 Å². The first-order valence-corrected chi connectivity index (χ1v) is 5.46. The molecule has 3 heteroatoms. The van der Waals surface area contributed by atoms with Gasteiger partial charge in [0.25, 0.3) is 0 Å². The Balaban J connectivity index is 2.59. The quantitative estimate of drug-likeness (QED) is 0.731. The maximum Gasteiger partial charge on any atom is 0.320 e. The average molecular weight is 199 g/mol. The Bertz CT molecular complexity index is 217. The van der Waals surface area contributed by atoms with Crippen LogP contribution in [0.25, 0.3) is 0 Å². The highest BCUT2D eigenvalue weighted by atomic mass is 16.4. The van der Waals surface area contributed by atoms with Gasteiger partial charge in [0.05, 0.1) is 0 Å². The molecule has 14 heavy (non-hydrogen) atoms. The van der Waals surface area contributed by atoms with Gasteiger partial charge in [-0.25, -0.2) is 0 Å². The van der Waals surface area contributed by atoms with Gasteiger partial charge in [-0.15, -0.1) is 0 Å². The summed E-state index contributed by atoms with van der Waals surface area (Å²) in [5.41, 5.74) is 0.00998. The van der Waals surface area contributed by atoms with Crippen molar-refractivity contribution >= 4 is 5.97 Å². The molecule has 0 aromatic heterocycles. The minimum atomic E-state index is -0.760. The van der Waals surface area contributed by atoms with E-state index in [9.17, 15) is 4.79 Å². The molecular weight excluding hydrogens is 178 g/mol. The molecule has 1 aliphatic rings. The van der Waals surface area contributed by atoms with E-state index in [2.05, 4.69) is 19.2 Å². The van der Waals surface area contributed by atoms with Crippen molar-refractivity contribution < 1.29 is 9.90 Å². The normalized spacial score (nSPS) is 35.2. The molecule has 0 bridgehead atoms. The molecule has 0 heterocycles. The van der Waals surface area contributed by atoms with E-state index in [0.29, 0.717) is 5.92 Å². The summed E-state index contributed by atoms with van der Waals surface area (Å²) in [5, 5.41) is 12.1. The van der Waals surface area contributed by atoms with Gasteiger partial charge in [-0.3, -0.25) is 10.1 Å². The van der Waals surface area contributed by atoms with E-state index in [0.717, 1.165) is 6.42 Å². The second-order valence-electron chi connectivity index (χ2n) is 4.77. The standard InChI is InChI=1S/C11H21NO2/c1-8-6-4-5-7-11(8,3)12-9(2)10(13)14/h8-9,12H,4-7H2,1-3H3,(H,13,14). The lowest BCUT2D eigenvalue weighted by Crippen LogP contribution is -2.55. The first kappa shape index (κ1) is 11.5. The van der Waals surface area contributed by atoms with Gasteiger partial charge >= 0.3 is 5.97 Å². The van der Waals surface area contributed by atoms with Crippen LogP contribution in [0.2, 0.25) is 0 Å². The number of hydrogen-bond donors (Lipinski definition) is 2. The molecule has 0 aliphatic heterocycles. The summed E-state index contributed by atoms with van der Waals surface area (Å²) in [6.45, 7) is 6.08. The van der Waals surface area contributed by atoms with Crippen molar-refractivity contribution in [3.63, 3.8) is 0 Å². The Hall–Kier alpha value is -0.570. The first-order chi connectivity index (χ1) is 6.46. The van der Waals surface area contributed by atoms with E-state index in [-0.39, 0.29) is 5.54 Å². The van der Waals surface area contributed by atoms with Crippen LogP contribution < -0.4 is 5.32 Å². The highest BCUT2D eigenvalue weighted by Crippen LogP contribution is 2.33. The molecule has 3 nitrogen and oxygen atoms in total. The minimum Gasteiger partial charge on any atom is -0.480 e. The summed E-state index contributed by atoms with van der Waals surface area (Å²) in [4.78, 5) is 10.8. The number of rotatable bonds is 3. The molecular formula is C11H21NO2. The zero-order valence-electron chi connectivity index (χ0n) is 9.34. The highest BCUT2D eigenvalue weighted by molar-refractivity contribution is 5.72. The third kappa shape index (κ3) is 2.47. The molecule has 3 atom stereocenters. The summed E-state index contributed by atoms with van der Waals surface area (Å²) in [5.74, 6) is -0.193. The fourth-order valence-corrected chi connectivity index (χ4v) is 2.28. The second-order valence-corrected chi connectivity index (χ2v) is 4.77. The number of hydrogen-bond acceptors (Lipinski definition) is 2. The van der Waals surface area contributed by atoms with Gasteiger partial charge in [0, 0.05) is 5.54 Å². The Morgan fingerprint density at radius 3 is 2.71 bits per heavy atom. The Labute approximate surface area is 85.9 Å². The molecule has 1 rings (SSSR count). The fraction of sp³-hybridized carbons (Fsp3) is 0.909. The Kier molecular flexibility index (Phi) is 3.53. The van der Waals surface area contributed by atoms with Crippen molar-refractivity contribution in [3.05, 3.63) is 0 Å². The number of carboxylic acids is 1. The van der Waals surface area contributed by atoms with Gasteiger partial charge < -0.3 is 5.11 Å². The largest absolute Gasteiger partial charge is 0.480 e. The van der Waals surface area contributed by atoms with E-state index >= 15 is 0 Å². The van der Waals surface area contributed by atoms with Crippen LogP contribution in [-0.4, -0.2) is 22.7 Å². The lowest BCUT2D eigenvalue weighted by molar-refractivity contribution is -0.139. The fourth-order valence-electron chi connectivity index (χ4n) is 2.28. The van der Waals surface area contributed by atoms with E-state index in [1.54, 1.807) is 6.92 Å². The number of carboxylic acid groups (broad SMARTS) is 1. The van der Waals surface area contributed by atoms with Crippen molar-refractivity contribution in [2.45, 2.75) is 58.0 Å². The summed E-state index contributed by atoms with van der Waals surface area (Å²) in [6.07, 6.45) is 4.78. The van der Waals surface area contributed by atoms with Crippen molar-refractivity contribution in [3.8, 4) is 0 Å². The minimum absolute atomic E-state index is 0.00998. The predicted molar refractivity (Wildman–Crippen MR) is 56.3 cm³/mol. The van der Waals surface area contributed by atoms with Crippen LogP contribution in [-0.2, 0) is 4.79 Å². The van der Waals surface area contributed by atoms with Gasteiger partial charge in [-0.05, 0) is 32.6 Å². The molecule has 1 aliphatic carbocycles. The lowest BCUT2D eigenvalue weighted by Gasteiger charge is -2.41. The summed E-state index contributed by atoms with van der Waals surface area (Å²) in [7, 11) is 0. The smallest absolute Gasteiger partial charge is 0.320 e. The van der Waals surface area contributed by atoms with E-state index in [4.69, 9.17) is 5.11 Å². The molecule has 0 spiro atoms. The van der Waals surface area contributed by atoms with Crippen molar-refractivity contribution in [2.24, 2.45) is 5.92 Å². The second kappa shape index (κ2) is 4.30. The van der Waals surface area contributed by atoms with Crippen LogP contribution >= 0.6 is 0 Å². The van der Waals surface area contributed by atoms with E-state index < -0.39 is 12.0 Å². The first-order valence-electron chi connectivity index (χ1n) is 5.46. The average Bonchev–Trinajstić information content (AvgIpc) is 2.10. The molecule has 1 fully saturated rings. The number of aliphatic carboxylic acids is 1. The number of carbonyl (C=O) groups is 1. The predicted octanol–water partition coefficient (Wildman–Crippen LogP) is 2.02. The van der Waals surface area contributed by atoms with Crippen molar-refractivity contribution in [1.29, 1.82) is 0 Å². The SMILES string of the molecule is CC(NC1(C)CCCCC1C)C(=O)O. The molecule has 0 saturated heterocycles. The van der Waals surface area contributed by atoms with Crippen LogP contribution in [0.5, 0.6) is 0 Å². The molecule has 0 radical (unpaired) electrons. The topological polar surface area (TPSA) is 49.3 Å². The molecule has 0 aromatic carbocycles. The van der Waals surface area contributed by atoms with Crippen molar-refractivity contribution in [2.75, 3.05) is 0 Å². The zero-order valence-corrected chi connectivity index (χ0v) is 9.34. The van der Waals surface area contributed by atoms with E-state index in [1.165, 1.54) is 19.3 Å². The van der Waals surface area contributed by atoms with E-state index in [1.807, 2.05) is 0 Å². The molecule has 82 valence electrons. The van der Waals surface area contributed by atoms with Crippen LogP contribution in [0, 0.1) is 5.92 Å². The van der Waals surface area contributed by atoms with Crippen LogP contribution in [0.3, 0.4) is 0 Å². The van der Waals surface area contributed by atoms with Gasteiger partial charge in [0.15, 0.2) is 0 Å². The summed E-state index contributed by atoms with van der Waals surface area (Å²) >= 11 is 0. The molecule has 3 unspecified atom stereocenters. The molecule has 1 saturated carbocycles. The maximum absolute atomic E-state index is 10.8. The molecule has 0 aromatic rings. The van der Waals surface area contributed by atoms with Gasteiger partial charge in [-0.2, -0.15) is 0 Å². The Morgan fingerprint density at radius 1 is 1.57 bits per heavy atom. The Morgan fingerprint density at radius 2 is 2.21 bits per heavy atom. The highest BCUT2D eigenvalue weighted by Gasteiger charge is 2.35. The van der Waals surface area contributed by atoms with Crippen LogP contribution in [0.1, 0.15) is 46.5 Å². The summed E-state index contributed by atoms with van der Waals surface area (Å²) < 4.78 is 0. The van der Waals surface area contributed by atoms with Crippen LogP contribution in [0.15, 0.2) is 0 Å². The van der Waals surface area contributed by atoms with Crippen LogP contribution in [0.4, 0.5) is 0 Å². The summed E-state index contributed by atoms with van der Waals surface area (Å²) in [6, 6.07) is -0.444. The third-order valence-electron chi connectivity index (χ3n) is 3.59. The lowest BCUT2D eigenvalue weighted by atomic mass is 9.74. The van der Waals surface area contributed by atoms with Gasteiger partial charge in [0.1, 0.15) is 6.04 Å².